The first kappa shape index (κ1) is 20.7. The summed E-state index contributed by atoms with van der Waals surface area (Å²) in [6.07, 6.45) is 1.62. The van der Waals surface area contributed by atoms with Crippen LogP contribution in [0.4, 0.5) is 13.2 Å². The van der Waals surface area contributed by atoms with Gasteiger partial charge in [0, 0.05) is 11.8 Å². The maximum absolute atomic E-state index is 12.4. The van der Waals surface area contributed by atoms with E-state index in [0.717, 1.165) is 6.42 Å². The van der Waals surface area contributed by atoms with Gasteiger partial charge in [-0.05, 0) is 10.1 Å². The Morgan fingerprint density at radius 3 is 2.10 bits per heavy atom. The SMILES string of the molecule is CCCCC(=O)C[S+](CC(C)(C)C)OS(=O)(=O)C(F)(F)F. The molecule has 126 valence electrons. The van der Waals surface area contributed by atoms with Crippen molar-refractivity contribution in [1.29, 1.82) is 0 Å². The number of Topliss-reactive ketones (excluding diaryl/α,β-unsaturated/α-hetero) is 1. The lowest BCUT2D eigenvalue weighted by Crippen LogP contribution is -2.35. The number of ketones is 1. The quantitative estimate of drug-likeness (QED) is 0.498. The minimum absolute atomic E-state index is 0.0696. The highest BCUT2D eigenvalue weighted by Crippen LogP contribution is 2.29. The average molecular weight is 351 g/mol. The minimum Gasteiger partial charge on any atom is -0.294 e. The smallest absolute Gasteiger partial charge is 0.294 e. The molecular formula is C12H22F3O4S2+. The third-order valence-corrected chi connectivity index (χ3v) is 6.08. The molecule has 0 amide bonds. The monoisotopic (exact) mass is 351 g/mol. The number of hydrogen-bond acceptors (Lipinski definition) is 4. The molecule has 9 heteroatoms. The first-order valence-electron chi connectivity index (χ1n) is 6.49. The molecule has 1 atom stereocenters. The van der Waals surface area contributed by atoms with E-state index in [4.69, 9.17) is 0 Å². The standard InChI is InChI=1S/C12H22F3O4S2/c1-5-6-7-10(16)8-20(9-11(2,3)4)19-21(17,18)12(13,14)15/h5-9H2,1-4H3/q+1. The summed E-state index contributed by atoms with van der Waals surface area (Å²) in [5, 5.41) is 0. The number of alkyl halides is 3. The van der Waals surface area contributed by atoms with Crippen LogP contribution in [0.2, 0.25) is 0 Å². The fourth-order valence-corrected chi connectivity index (χ4v) is 4.65. The van der Waals surface area contributed by atoms with E-state index in [2.05, 4.69) is 3.63 Å². The molecule has 0 spiro atoms. The molecule has 0 fully saturated rings. The van der Waals surface area contributed by atoms with Crippen LogP contribution in [0.1, 0.15) is 47.0 Å². The Balaban J connectivity index is 4.96. The van der Waals surface area contributed by atoms with Crippen LogP contribution >= 0.6 is 0 Å². The van der Waals surface area contributed by atoms with Gasteiger partial charge in [-0.2, -0.15) is 21.6 Å². The number of unbranched alkanes of at least 4 members (excludes halogenated alkanes) is 1. The summed E-state index contributed by atoms with van der Waals surface area (Å²) in [5.74, 6) is -0.506. The van der Waals surface area contributed by atoms with E-state index in [9.17, 15) is 26.4 Å². The van der Waals surface area contributed by atoms with Crippen LogP contribution in [0.15, 0.2) is 0 Å². The van der Waals surface area contributed by atoms with Crippen LogP contribution in [0.25, 0.3) is 0 Å². The normalized spacial score (nSPS) is 15.0. The van der Waals surface area contributed by atoms with E-state index < -0.39 is 32.2 Å². The van der Waals surface area contributed by atoms with Crippen molar-refractivity contribution in [3.63, 3.8) is 0 Å². The molecule has 0 aromatic heterocycles. The molecule has 0 aliphatic carbocycles. The second-order valence-electron chi connectivity index (χ2n) is 5.90. The molecule has 0 aliphatic heterocycles. The molecule has 21 heavy (non-hydrogen) atoms. The van der Waals surface area contributed by atoms with E-state index in [1.807, 2.05) is 6.92 Å². The summed E-state index contributed by atoms with van der Waals surface area (Å²) >= 11 is -1.60. The van der Waals surface area contributed by atoms with Gasteiger partial charge < -0.3 is 0 Å². The number of carbonyl (C=O) groups excluding carboxylic acids is 1. The summed E-state index contributed by atoms with van der Waals surface area (Å²) < 4.78 is 63.6. The van der Waals surface area contributed by atoms with Gasteiger partial charge in [-0.25, -0.2) is 0 Å². The Morgan fingerprint density at radius 1 is 1.19 bits per heavy atom. The lowest BCUT2D eigenvalue weighted by atomic mass is 10.0. The summed E-state index contributed by atoms with van der Waals surface area (Å²) in [6.45, 7) is 7.11. The fraction of sp³-hybridized carbons (Fsp3) is 0.917. The van der Waals surface area contributed by atoms with Gasteiger partial charge in [0.2, 0.25) is 5.75 Å². The van der Waals surface area contributed by atoms with E-state index in [1.54, 1.807) is 20.8 Å². The molecule has 4 nitrogen and oxygen atoms in total. The third-order valence-electron chi connectivity index (χ3n) is 2.19. The van der Waals surface area contributed by atoms with Crippen LogP contribution in [0.5, 0.6) is 0 Å². The van der Waals surface area contributed by atoms with Gasteiger partial charge >= 0.3 is 15.6 Å². The third kappa shape index (κ3) is 8.67. The maximum Gasteiger partial charge on any atom is 0.527 e. The molecule has 0 rings (SSSR count). The van der Waals surface area contributed by atoms with Crippen molar-refractivity contribution in [2.75, 3.05) is 11.5 Å². The Bertz CT molecular complexity index is 438. The largest absolute Gasteiger partial charge is 0.527 e. The molecule has 0 aromatic carbocycles. The molecule has 0 saturated heterocycles. The molecule has 0 radical (unpaired) electrons. The predicted octanol–water partition coefficient (Wildman–Crippen LogP) is 3.19. The van der Waals surface area contributed by atoms with E-state index in [0.29, 0.717) is 6.42 Å². The van der Waals surface area contributed by atoms with Crippen molar-refractivity contribution < 1.29 is 30.0 Å². The Labute approximate surface area is 127 Å². The Morgan fingerprint density at radius 2 is 1.71 bits per heavy atom. The lowest BCUT2D eigenvalue weighted by molar-refractivity contribution is -0.116. The van der Waals surface area contributed by atoms with Crippen molar-refractivity contribution in [1.82, 2.24) is 0 Å². The van der Waals surface area contributed by atoms with Gasteiger partial charge in [0.15, 0.2) is 17.0 Å². The fourth-order valence-electron chi connectivity index (χ4n) is 1.37. The average Bonchev–Trinajstić information content (AvgIpc) is 2.21. The zero-order chi connectivity index (χ0) is 16.9. The van der Waals surface area contributed by atoms with Crippen LogP contribution in [0.3, 0.4) is 0 Å². The highest BCUT2D eigenvalue weighted by Gasteiger charge is 2.53. The second-order valence-corrected chi connectivity index (χ2v) is 9.27. The Hall–Kier alpha value is -0.280. The minimum atomic E-state index is -5.68. The molecule has 1 unspecified atom stereocenters. The van der Waals surface area contributed by atoms with Crippen molar-refractivity contribution in [2.45, 2.75) is 52.5 Å². The number of rotatable bonds is 8. The number of carbonyl (C=O) groups is 1. The van der Waals surface area contributed by atoms with Gasteiger partial charge in [-0.3, -0.25) is 4.79 Å². The van der Waals surface area contributed by atoms with E-state index >= 15 is 0 Å². The molecule has 0 aliphatic rings. The molecular weight excluding hydrogens is 329 g/mol. The van der Waals surface area contributed by atoms with Crippen LogP contribution < -0.4 is 0 Å². The van der Waals surface area contributed by atoms with Crippen LogP contribution in [-0.4, -0.2) is 31.2 Å². The molecule has 0 bridgehead atoms. The van der Waals surface area contributed by atoms with E-state index in [1.165, 1.54) is 0 Å². The lowest BCUT2D eigenvalue weighted by Gasteiger charge is -2.17. The number of halogens is 3. The topological polar surface area (TPSA) is 60.4 Å². The summed E-state index contributed by atoms with van der Waals surface area (Å²) in [7, 11) is -5.68. The van der Waals surface area contributed by atoms with Crippen molar-refractivity contribution in [2.24, 2.45) is 5.41 Å². The maximum atomic E-state index is 12.4. The molecule has 0 N–H and O–H groups in total. The number of hydrogen-bond donors (Lipinski definition) is 0. The second kappa shape index (κ2) is 7.82. The van der Waals surface area contributed by atoms with Gasteiger partial charge in [-0.1, -0.05) is 34.1 Å². The first-order chi connectivity index (χ1) is 9.28. The Kier molecular flexibility index (Phi) is 7.72. The summed E-state index contributed by atoms with van der Waals surface area (Å²) in [4.78, 5) is 11.7. The van der Waals surface area contributed by atoms with Gasteiger partial charge in [0.1, 0.15) is 5.75 Å². The van der Waals surface area contributed by atoms with Crippen LogP contribution in [0, 0.1) is 5.41 Å². The van der Waals surface area contributed by atoms with Crippen molar-refractivity contribution >= 4 is 27.1 Å². The zero-order valence-corrected chi connectivity index (χ0v) is 14.3. The first-order valence-corrected chi connectivity index (χ1v) is 9.38. The molecule has 0 heterocycles. The van der Waals surface area contributed by atoms with Gasteiger partial charge in [0.05, 0.1) is 0 Å². The molecule has 0 aromatic rings. The van der Waals surface area contributed by atoms with E-state index in [-0.39, 0.29) is 23.7 Å². The predicted molar refractivity (Wildman–Crippen MR) is 77.1 cm³/mol. The summed E-state index contributed by atoms with van der Waals surface area (Å²) in [6, 6.07) is 0. The van der Waals surface area contributed by atoms with Crippen molar-refractivity contribution in [3.8, 4) is 0 Å². The van der Waals surface area contributed by atoms with Crippen molar-refractivity contribution in [3.05, 3.63) is 0 Å². The van der Waals surface area contributed by atoms with Gasteiger partial charge in [-0.15, -0.1) is 0 Å². The summed E-state index contributed by atoms with van der Waals surface area (Å²) in [5.41, 5.74) is -5.92. The molecule has 0 saturated carbocycles. The highest BCUT2D eigenvalue weighted by atomic mass is 32.3. The van der Waals surface area contributed by atoms with Crippen LogP contribution in [-0.2, 0) is 29.7 Å². The highest BCUT2D eigenvalue weighted by molar-refractivity contribution is 8.03. The van der Waals surface area contributed by atoms with Gasteiger partial charge in [0.25, 0.3) is 0 Å². The zero-order valence-electron chi connectivity index (χ0n) is 12.6.